The molecule has 1 heterocycles. The first-order chi connectivity index (χ1) is 10.3. The second-order valence-corrected chi connectivity index (χ2v) is 7.36. The van der Waals surface area contributed by atoms with E-state index in [4.69, 9.17) is 5.26 Å². The average molecular weight is 323 g/mol. The van der Waals surface area contributed by atoms with Gasteiger partial charge < -0.3 is 0 Å². The highest BCUT2D eigenvalue weighted by atomic mass is 32.2. The van der Waals surface area contributed by atoms with E-state index in [1.807, 2.05) is 0 Å². The van der Waals surface area contributed by atoms with E-state index in [0.29, 0.717) is 24.0 Å². The van der Waals surface area contributed by atoms with Crippen molar-refractivity contribution in [2.75, 3.05) is 13.1 Å². The summed E-state index contributed by atoms with van der Waals surface area (Å²) < 4.78 is 26.8. The predicted molar refractivity (Wildman–Crippen MR) is 79.7 cm³/mol. The standard InChI is InChI=1S/C14H17N3O4S/c1-10-7-13(17(18)19)8-14(11(10)2)22(20,21)16-5-3-12(9-15)4-6-16/h7-8,12H,3-6H2,1-2H3. The molecule has 2 rings (SSSR count). The Balaban J connectivity index is 2.42. The summed E-state index contributed by atoms with van der Waals surface area (Å²) in [6, 6.07) is 4.64. The van der Waals surface area contributed by atoms with Gasteiger partial charge in [-0.15, -0.1) is 0 Å². The molecule has 0 unspecified atom stereocenters. The first-order valence-electron chi connectivity index (χ1n) is 6.92. The van der Waals surface area contributed by atoms with Gasteiger partial charge in [-0.25, -0.2) is 8.42 Å². The third-order valence-electron chi connectivity index (χ3n) is 4.07. The SMILES string of the molecule is Cc1cc([N+](=O)[O-])cc(S(=O)(=O)N2CCC(C#N)CC2)c1C. The van der Waals surface area contributed by atoms with Crippen LogP contribution in [0.5, 0.6) is 0 Å². The van der Waals surface area contributed by atoms with Crippen LogP contribution in [0.25, 0.3) is 0 Å². The fourth-order valence-electron chi connectivity index (χ4n) is 2.55. The minimum atomic E-state index is -3.78. The van der Waals surface area contributed by atoms with Gasteiger partial charge in [0.15, 0.2) is 0 Å². The predicted octanol–water partition coefficient (Wildman–Crippen LogP) is 2.14. The lowest BCUT2D eigenvalue weighted by Gasteiger charge is -2.28. The Morgan fingerprint density at radius 3 is 2.41 bits per heavy atom. The van der Waals surface area contributed by atoms with Crippen molar-refractivity contribution in [2.24, 2.45) is 5.92 Å². The molecule has 0 bridgehead atoms. The molecule has 0 radical (unpaired) electrons. The lowest BCUT2D eigenvalue weighted by atomic mass is 10.0. The molecular weight excluding hydrogens is 306 g/mol. The molecule has 0 spiro atoms. The van der Waals surface area contributed by atoms with Gasteiger partial charge in [0.05, 0.1) is 15.9 Å². The largest absolute Gasteiger partial charge is 0.271 e. The number of nitriles is 1. The van der Waals surface area contributed by atoms with Gasteiger partial charge in [0.1, 0.15) is 0 Å². The molecule has 0 atom stereocenters. The number of rotatable bonds is 3. The van der Waals surface area contributed by atoms with Crippen molar-refractivity contribution in [1.29, 1.82) is 5.26 Å². The Kier molecular flexibility index (Phi) is 4.49. The molecule has 118 valence electrons. The van der Waals surface area contributed by atoms with Gasteiger partial charge in [0, 0.05) is 31.1 Å². The van der Waals surface area contributed by atoms with Crippen molar-refractivity contribution >= 4 is 15.7 Å². The van der Waals surface area contributed by atoms with E-state index >= 15 is 0 Å². The lowest BCUT2D eigenvalue weighted by Crippen LogP contribution is -2.38. The molecule has 0 aromatic heterocycles. The number of benzene rings is 1. The Morgan fingerprint density at radius 2 is 1.91 bits per heavy atom. The Morgan fingerprint density at radius 1 is 1.32 bits per heavy atom. The van der Waals surface area contributed by atoms with E-state index in [1.54, 1.807) is 13.8 Å². The highest BCUT2D eigenvalue weighted by Gasteiger charge is 2.32. The summed E-state index contributed by atoms with van der Waals surface area (Å²) in [5.41, 5.74) is 0.862. The second-order valence-electron chi connectivity index (χ2n) is 5.45. The van der Waals surface area contributed by atoms with E-state index in [0.717, 1.165) is 6.07 Å². The van der Waals surface area contributed by atoms with Gasteiger partial charge in [0.2, 0.25) is 10.0 Å². The van der Waals surface area contributed by atoms with Gasteiger partial charge in [-0.2, -0.15) is 9.57 Å². The maximum atomic E-state index is 12.8. The fraction of sp³-hybridized carbons (Fsp3) is 0.500. The minimum Gasteiger partial charge on any atom is -0.258 e. The van der Waals surface area contributed by atoms with Crippen LogP contribution in [-0.2, 0) is 10.0 Å². The van der Waals surface area contributed by atoms with Crippen molar-refractivity contribution in [3.8, 4) is 6.07 Å². The Bertz CT molecular complexity index is 744. The summed E-state index contributed by atoms with van der Waals surface area (Å²) in [5.74, 6) is -0.126. The molecule has 1 fully saturated rings. The second kappa shape index (κ2) is 6.02. The van der Waals surface area contributed by atoms with Crippen LogP contribution in [0, 0.1) is 41.2 Å². The van der Waals surface area contributed by atoms with Crippen molar-refractivity contribution in [3.05, 3.63) is 33.4 Å². The van der Waals surface area contributed by atoms with E-state index in [9.17, 15) is 18.5 Å². The molecule has 8 heteroatoms. The number of hydrogen-bond acceptors (Lipinski definition) is 5. The molecule has 0 amide bonds. The lowest BCUT2D eigenvalue weighted by molar-refractivity contribution is -0.385. The summed E-state index contributed by atoms with van der Waals surface area (Å²) in [6.45, 7) is 3.83. The Hall–Kier alpha value is -1.98. The van der Waals surface area contributed by atoms with Crippen LogP contribution < -0.4 is 0 Å². The molecule has 1 saturated heterocycles. The van der Waals surface area contributed by atoms with Gasteiger partial charge in [0.25, 0.3) is 5.69 Å². The smallest absolute Gasteiger partial charge is 0.258 e. The highest BCUT2D eigenvalue weighted by molar-refractivity contribution is 7.89. The third kappa shape index (κ3) is 2.96. The van der Waals surface area contributed by atoms with Crippen LogP contribution >= 0.6 is 0 Å². The maximum Gasteiger partial charge on any atom is 0.271 e. The molecule has 1 aliphatic rings. The molecule has 0 saturated carbocycles. The average Bonchev–Trinajstić information content (AvgIpc) is 2.49. The van der Waals surface area contributed by atoms with Gasteiger partial charge in [-0.3, -0.25) is 10.1 Å². The molecule has 0 N–H and O–H groups in total. The molecule has 1 aliphatic heterocycles. The first-order valence-corrected chi connectivity index (χ1v) is 8.36. The number of nitrogens with zero attached hydrogens (tertiary/aromatic N) is 3. The molecule has 22 heavy (non-hydrogen) atoms. The van der Waals surface area contributed by atoms with Crippen LogP contribution in [0.1, 0.15) is 24.0 Å². The number of sulfonamides is 1. The number of non-ortho nitro benzene ring substituents is 1. The van der Waals surface area contributed by atoms with Crippen molar-refractivity contribution in [2.45, 2.75) is 31.6 Å². The van der Waals surface area contributed by atoms with E-state index < -0.39 is 14.9 Å². The monoisotopic (exact) mass is 323 g/mol. The number of aryl methyl sites for hydroxylation is 1. The minimum absolute atomic E-state index is 0.0189. The van der Waals surface area contributed by atoms with Crippen LogP contribution in [0.2, 0.25) is 0 Å². The Labute approximate surface area is 129 Å². The summed E-state index contributed by atoms with van der Waals surface area (Å²) in [4.78, 5) is 10.4. The molecule has 1 aromatic rings. The molecule has 7 nitrogen and oxygen atoms in total. The van der Waals surface area contributed by atoms with Gasteiger partial charge in [-0.1, -0.05) is 0 Å². The first kappa shape index (κ1) is 16.4. The van der Waals surface area contributed by atoms with Gasteiger partial charge in [-0.05, 0) is 37.8 Å². The van der Waals surface area contributed by atoms with Gasteiger partial charge >= 0.3 is 0 Å². The number of nitro groups is 1. The fourth-order valence-corrected chi connectivity index (χ4v) is 4.33. The summed E-state index contributed by atoms with van der Waals surface area (Å²) in [5, 5.41) is 19.8. The van der Waals surface area contributed by atoms with Crippen LogP contribution in [0.15, 0.2) is 17.0 Å². The normalized spacial score (nSPS) is 17.1. The topological polar surface area (TPSA) is 104 Å². The number of hydrogen-bond donors (Lipinski definition) is 0. The summed E-state index contributed by atoms with van der Waals surface area (Å²) in [7, 11) is -3.78. The summed E-state index contributed by atoms with van der Waals surface area (Å²) in [6.07, 6.45) is 0.978. The highest BCUT2D eigenvalue weighted by Crippen LogP contribution is 2.30. The summed E-state index contributed by atoms with van der Waals surface area (Å²) >= 11 is 0. The van der Waals surface area contributed by atoms with E-state index in [2.05, 4.69) is 6.07 Å². The zero-order valence-electron chi connectivity index (χ0n) is 12.4. The molecule has 1 aromatic carbocycles. The molecular formula is C14H17N3O4S. The molecule has 0 aliphatic carbocycles. The number of piperidine rings is 1. The van der Waals surface area contributed by atoms with Crippen molar-refractivity contribution < 1.29 is 13.3 Å². The van der Waals surface area contributed by atoms with Crippen molar-refractivity contribution in [3.63, 3.8) is 0 Å². The number of nitro benzene ring substituents is 1. The third-order valence-corrected chi connectivity index (χ3v) is 6.09. The van der Waals surface area contributed by atoms with Crippen LogP contribution in [0.3, 0.4) is 0 Å². The van der Waals surface area contributed by atoms with E-state index in [-0.39, 0.29) is 29.6 Å². The van der Waals surface area contributed by atoms with E-state index in [1.165, 1.54) is 10.4 Å². The zero-order chi connectivity index (χ0) is 16.5. The van der Waals surface area contributed by atoms with Crippen LogP contribution in [-0.4, -0.2) is 30.7 Å². The van der Waals surface area contributed by atoms with Crippen molar-refractivity contribution in [1.82, 2.24) is 4.31 Å². The van der Waals surface area contributed by atoms with Crippen LogP contribution in [0.4, 0.5) is 5.69 Å². The quantitative estimate of drug-likeness (QED) is 0.626. The zero-order valence-corrected chi connectivity index (χ0v) is 13.3. The maximum absolute atomic E-state index is 12.8.